The van der Waals surface area contributed by atoms with Gasteiger partial charge in [0.1, 0.15) is 5.65 Å². The highest BCUT2D eigenvalue weighted by atomic mass is 16.2. The Morgan fingerprint density at radius 1 is 1.24 bits per heavy atom. The van der Waals surface area contributed by atoms with E-state index in [1.54, 1.807) is 0 Å². The van der Waals surface area contributed by atoms with Crippen molar-refractivity contribution in [2.75, 3.05) is 13.1 Å². The molecule has 134 valence electrons. The van der Waals surface area contributed by atoms with Crippen molar-refractivity contribution in [3.63, 3.8) is 0 Å². The minimum Gasteiger partial charge on any atom is -0.338 e. The number of fused-ring (bicyclic) bond motifs is 1. The molecule has 2 aliphatic heterocycles. The molecule has 0 saturated carbocycles. The van der Waals surface area contributed by atoms with Gasteiger partial charge in [0.2, 0.25) is 5.91 Å². The van der Waals surface area contributed by atoms with Crippen LogP contribution in [0.3, 0.4) is 0 Å². The first-order valence-corrected chi connectivity index (χ1v) is 9.64. The zero-order chi connectivity index (χ0) is 17.4. The maximum atomic E-state index is 12.3. The van der Waals surface area contributed by atoms with Crippen molar-refractivity contribution in [1.82, 2.24) is 19.2 Å². The molecule has 2 saturated heterocycles. The average Bonchev–Trinajstić information content (AvgIpc) is 3.33. The Balaban J connectivity index is 1.53. The molecule has 4 heterocycles. The molecule has 0 spiro atoms. The van der Waals surface area contributed by atoms with Crippen LogP contribution >= 0.6 is 0 Å². The van der Waals surface area contributed by atoms with Gasteiger partial charge < -0.3 is 9.30 Å². The van der Waals surface area contributed by atoms with Crippen molar-refractivity contribution in [3.05, 3.63) is 35.8 Å². The Morgan fingerprint density at radius 2 is 2.04 bits per heavy atom. The molecule has 25 heavy (non-hydrogen) atoms. The van der Waals surface area contributed by atoms with E-state index in [0.29, 0.717) is 24.4 Å². The molecular formula is C20H28N4O. The van der Waals surface area contributed by atoms with Crippen molar-refractivity contribution < 1.29 is 4.79 Å². The van der Waals surface area contributed by atoms with Gasteiger partial charge in [-0.1, -0.05) is 13.0 Å². The third-order valence-electron chi connectivity index (χ3n) is 5.87. The molecule has 0 N–H and O–H groups in total. The van der Waals surface area contributed by atoms with Crippen molar-refractivity contribution in [2.24, 2.45) is 0 Å². The van der Waals surface area contributed by atoms with Crippen LogP contribution in [0.1, 0.15) is 50.3 Å². The number of aryl methyl sites for hydroxylation is 1. The molecule has 0 aromatic carbocycles. The maximum absolute atomic E-state index is 12.3. The zero-order valence-corrected chi connectivity index (χ0v) is 15.3. The normalized spacial score (nSPS) is 24.5. The minimum absolute atomic E-state index is 0.317. The summed E-state index contributed by atoms with van der Waals surface area (Å²) in [5.74, 6) is 0.317. The highest BCUT2D eigenvalue weighted by Gasteiger charge is 2.39. The van der Waals surface area contributed by atoms with E-state index in [0.717, 1.165) is 43.8 Å². The number of hydrogen-bond acceptors (Lipinski definition) is 3. The predicted octanol–water partition coefficient (Wildman–Crippen LogP) is 3.01. The second kappa shape index (κ2) is 6.79. The molecule has 0 bridgehead atoms. The summed E-state index contributed by atoms with van der Waals surface area (Å²) >= 11 is 0. The Morgan fingerprint density at radius 3 is 2.84 bits per heavy atom. The van der Waals surface area contributed by atoms with Crippen LogP contribution in [0.2, 0.25) is 0 Å². The number of likely N-dealkylation sites (tertiary alicyclic amines) is 2. The fraction of sp³-hybridized carbons (Fsp3) is 0.600. The van der Waals surface area contributed by atoms with E-state index < -0.39 is 0 Å². The number of nitrogens with zero attached hydrogens (tertiary/aromatic N) is 4. The van der Waals surface area contributed by atoms with E-state index in [2.05, 4.69) is 45.7 Å². The van der Waals surface area contributed by atoms with Gasteiger partial charge in [-0.05, 0) is 50.8 Å². The molecule has 2 aromatic heterocycles. The smallest absolute Gasteiger partial charge is 0.222 e. The van der Waals surface area contributed by atoms with Crippen molar-refractivity contribution in [1.29, 1.82) is 0 Å². The van der Waals surface area contributed by atoms with E-state index in [-0.39, 0.29) is 0 Å². The van der Waals surface area contributed by atoms with Crippen molar-refractivity contribution in [3.8, 4) is 0 Å². The topological polar surface area (TPSA) is 40.9 Å². The van der Waals surface area contributed by atoms with Gasteiger partial charge in [0, 0.05) is 44.0 Å². The lowest BCUT2D eigenvalue weighted by molar-refractivity contribution is -0.132. The molecule has 4 rings (SSSR count). The Kier molecular flexibility index (Phi) is 4.50. The number of hydrogen-bond donors (Lipinski definition) is 0. The van der Waals surface area contributed by atoms with Gasteiger partial charge in [-0.3, -0.25) is 9.69 Å². The predicted molar refractivity (Wildman–Crippen MR) is 98.4 cm³/mol. The Bertz CT molecular complexity index is 768. The van der Waals surface area contributed by atoms with Gasteiger partial charge in [0.15, 0.2) is 0 Å². The molecule has 2 atom stereocenters. The molecule has 2 aromatic rings. The first-order chi connectivity index (χ1) is 12.2. The number of carbonyl (C=O) groups excluding carboxylic acids is 1. The van der Waals surface area contributed by atoms with Gasteiger partial charge in [0.05, 0.1) is 5.69 Å². The van der Waals surface area contributed by atoms with Crippen LogP contribution in [0.4, 0.5) is 0 Å². The summed E-state index contributed by atoms with van der Waals surface area (Å²) in [5, 5.41) is 0. The zero-order valence-electron chi connectivity index (χ0n) is 15.3. The van der Waals surface area contributed by atoms with Crippen LogP contribution in [0.25, 0.3) is 5.65 Å². The van der Waals surface area contributed by atoms with E-state index in [1.165, 1.54) is 18.4 Å². The molecule has 0 unspecified atom stereocenters. The van der Waals surface area contributed by atoms with Crippen molar-refractivity contribution >= 4 is 11.6 Å². The molecule has 5 nitrogen and oxygen atoms in total. The fourth-order valence-corrected chi connectivity index (χ4v) is 4.68. The summed E-state index contributed by atoms with van der Waals surface area (Å²) in [6.45, 7) is 7.02. The first kappa shape index (κ1) is 16.6. The number of imidazole rings is 1. The quantitative estimate of drug-likeness (QED) is 0.859. The summed E-state index contributed by atoms with van der Waals surface area (Å²) in [7, 11) is 0. The van der Waals surface area contributed by atoms with Gasteiger partial charge in [0.25, 0.3) is 0 Å². The minimum atomic E-state index is 0.317. The summed E-state index contributed by atoms with van der Waals surface area (Å²) < 4.78 is 2.12. The molecule has 0 aliphatic carbocycles. The molecule has 5 heteroatoms. The molecule has 0 radical (unpaired) electrons. The Labute approximate surface area is 149 Å². The number of aromatic nitrogens is 2. The van der Waals surface area contributed by atoms with Crippen LogP contribution in [0.5, 0.6) is 0 Å². The van der Waals surface area contributed by atoms with Gasteiger partial charge in [-0.25, -0.2) is 4.98 Å². The number of rotatable bonds is 4. The van der Waals surface area contributed by atoms with E-state index in [4.69, 9.17) is 4.98 Å². The van der Waals surface area contributed by atoms with Crippen molar-refractivity contribution in [2.45, 2.75) is 64.6 Å². The van der Waals surface area contributed by atoms with Crippen LogP contribution in [-0.4, -0.2) is 50.3 Å². The second-order valence-electron chi connectivity index (χ2n) is 7.48. The summed E-state index contributed by atoms with van der Waals surface area (Å²) in [6.07, 6.45) is 9.56. The Hall–Kier alpha value is -1.88. The van der Waals surface area contributed by atoms with E-state index >= 15 is 0 Å². The van der Waals surface area contributed by atoms with E-state index in [1.807, 2.05) is 6.92 Å². The second-order valence-corrected chi connectivity index (χ2v) is 7.48. The number of pyridine rings is 1. The molecule has 2 fully saturated rings. The number of carbonyl (C=O) groups is 1. The molecule has 2 aliphatic rings. The first-order valence-electron chi connectivity index (χ1n) is 9.64. The lowest BCUT2D eigenvalue weighted by Crippen LogP contribution is -2.47. The summed E-state index contributed by atoms with van der Waals surface area (Å²) in [4.78, 5) is 21.8. The van der Waals surface area contributed by atoms with Crippen LogP contribution in [-0.2, 0) is 11.3 Å². The monoisotopic (exact) mass is 340 g/mol. The largest absolute Gasteiger partial charge is 0.338 e. The van der Waals surface area contributed by atoms with Gasteiger partial charge in [-0.15, -0.1) is 0 Å². The maximum Gasteiger partial charge on any atom is 0.222 e. The molecule has 1 amide bonds. The summed E-state index contributed by atoms with van der Waals surface area (Å²) in [5.41, 5.74) is 3.40. The lowest BCUT2D eigenvalue weighted by atomic mass is 10.0. The summed E-state index contributed by atoms with van der Waals surface area (Å²) in [6, 6.07) is 5.06. The van der Waals surface area contributed by atoms with Crippen LogP contribution in [0.15, 0.2) is 24.5 Å². The van der Waals surface area contributed by atoms with Crippen LogP contribution < -0.4 is 0 Å². The fourth-order valence-electron chi connectivity index (χ4n) is 4.68. The molecular weight excluding hydrogens is 312 g/mol. The highest BCUT2D eigenvalue weighted by Crippen LogP contribution is 2.31. The SMILES string of the molecule is CCC(=O)N1CCC[C@H]1[C@H]1CCCN1Cc1cn2cccc(C)c2n1. The standard InChI is InChI=1S/C20H28N4O/c1-3-19(25)24-12-6-9-18(24)17-8-5-10-22(17)13-16-14-23-11-4-7-15(2)20(23)21-16/h4,7,11,14,17-18H,3,5-6,8-10,12-13H2,1-2H3/t17-,18+/m1/s1. The number of amides is 1. The average molecular weight is 340 g/mol. The van der Waals surface area contributed by atoms with E-state index in [9.17, 15) is 4.79 Å². The van der Waals surface area contributed by atoms with Gasteiger partial charge in [-0.2, -0.15) is 0 Å². The third-order valence-corrected chi connectivity index (χ3v) is 5.87. The lowest BCUT2D eigenvalue weighted by Gasteiger charge is -2.34. The highest BCUT2D eigenvalue weighted by molar-refractivity contribution is 5.76. The third kappa shape index (κ3) is 3.06. The van der Waals surface area contributed by atoms with Crippen LogP contribution in [0, 0.1) is 6.92 Å². The van der Waals surface area contributed by atoms with Gasteiger partial charge >= 0.3 is 0 Å².